The van der Waals surface area contributed by atoms with Crippen molar-refractivity contribution in [1.29, 1.82) is 0 Å². The van der Waals surface area contributed by atoms with E-state index in [1.165, 1.54) is 0 Å². The number of ether oxygens (including phenoxy) is 3. The quantitative estimate of drug-likeness (QED) is 0.623. The van der Waals surface area contributed by atoms with Crippen LogP contribution in [-0.2, 0) is 14.2 Å². The maximum atomic E-state index is 5.54. The summed E-state index contributed by atoms with van der Waals surface area (Å²) < 4.78 is 16.3. The van der Waals surface area contributed by atoms with Gasteiger partial charge in [-0.1, -0.05) is 20.8 Å². The van der Waals surface area contributed by atoms with Crippen molar-refractivity contribution in [2.75, 3.05) is 20.3 Å². The average Bonchev–Trinajstić information content (AvgIpc) is 2.73. The summed E-state index contributed by atoms with van der Waals surface area (Å²) >= 11 is 0. The van der Waals surface area contributed by atoms with E-state index in [1.807, 2.05) is 13.8 Å². The van der Waals surface area contributed by atoms with E-state index in [4.69, 9.17) is 14.2 Å². The van der Waals surface area contributed by atoms with Gasteiger partial charge in [-0.15, -0.1) is 0 Å². The Morgan fingerprint density at radius 3 is 2.31 bits per heavy atom. The maximum Gasteiger partial charge on any atom is 0.112 e. The van der Waals surface area contributed by atoms with Crippen molar-refractivity contribution in [2.24, 2.45) is 5.92 Å². The van der Waals surface area contributed by atoms with Crippen molar-refractivity contribution in [1.82, 2.24) is 0 Å². The molecule has 2 aliphatic rings. The van der Waals surface area contributed by atoms with Gasteiger partial charge in [0, 0.05) is 13.0 Å². The molecule has 2 unspecified atom stereocenters. The van der Waals surface area contributed by atoms with E-state index in [-0.39, 0.29) is 18.3 Å². The van der Waals surface area contributed by atoms with E-state index in [2.05, 4.69) is 6.92 Å². The van der Waals surface area contributed by atoms with Crippen LogP contribution < -0.4 is 0 Å². The van der Waals surface area contributed by atoms with Crippen LogP contribution in [0, 0.1) is 5.92 Å². The van der Waals surface area contributed by atoms with Crippen molar-refractivity contribution < 1.29 is 14.2 Å². The molecule has 0 aromatic carbocycles. The lowest BCUT2D eigenvalue weighted by Crippen LogP contribution is -2.29. The molecule has 2 rings (SSSR count). The molecule has 2 heterocycles. The fourth-order valence-corrected chi connectivity index (χ4v) is 1.86. The second kappa shape index (κ2) is 4.94. The lowest BCUT2D eigenvalue weighted by atomic mass is 10.0. The zero-order valence-electron chi connectivity index (χ0n) is 8.95. The smallest absolute Gasteiger partial charge is 0.112 e. The van der Waals surface area contributed by atoms with Crippen LogP contribution in [0.2, 0.25) is 0 Å². The van der Waals surface area contributed by atoms with E-state index in [9.17, 15) is 0 Å². The Morgan fingerprint density at radius 2 is 1.69 bits per heavy atom. The van der Waals surface area contributed by atoms with Crippen LogP contribution in [0.5, 0.6) is 0 Å². The molecule has 0 aromatic heterocycles. The number of hydrogen-bond acceptors (Lipinski definition) is 3. The summed E-state index contributed by atoms with van der Waals surface area (Å²) in [7, 11) is 1.71. The van der Waals surface area contributed by atoms with Gasteiger partial charge in [0.2, 0.25) is 0 Å². The van der Waals surface area contributed by atoms with Crippen LogP contribution in [0.25, 0.3) is 0 Å². The van der Waals surface area contributed by atoms with Gasteiger partial charge in [-0.3, -0.25) is 0 Å². The van der Waals surface area contributed by atoms with Crippen LogP contribution in [0.15, 0.2) is 0 Å². The molecule has 3 heteroatoms. The first-order chi connectivity index (χ1) is 6.33. The number of rotatable bonds is 1. The van der Waals surface area contributed by atoms with Crippen molar-refractivity contribution >= 4 is 0 Å². The van der Waals surface area contributed by atoms with Gasteiger partial charge in [0.25, 0.3) is 0 Å². The molecular weight excluding hydrogens is 168 g/mol. The molecule has 2 saturated heterocycles. The van der Waals surface area contributed by atoms with Gasteiger partial charge in [0.1, 0.15) is 12.2 Å². The third-order valence-corrected chi connectivity index (χ3v) is 2.56. The monoisotopic (exact) mass is 188 g/mol. The summed E-state index contributed by atoms with van der Waals surface area (Å²) in [5, 5.41) is 0. The first kappa shape index (κ1) is 11.0. The Morgan fingerprint density at radius 1 is 1.08 bits per heavy atom. The number of methoxy groups -OCH3 is 1. The molecule has 2 aliphatic heterocycles. The molecule has 0 bridgehead atoms. The van der Waals surface area contributed by atoms with Gasteiger partial charge in [-0.05, 0) is 0 Å². The molecule has 0 saturated carbocycles. The van der Waals surface area contributed by atoms with Crippen LogP contribution in [-0.4, -0.2) is 38.6 Å². The van der Waals surface area contributed by atoms with Gasteiger partial charge in [0.05, 0.1) is 19.3 Å². The standard InChI is InChI=1S/C8H14O3.C2H6/c1-5-3-10-8-6(9-2)4-11-7(5)8;1-2/h5-8H,3-4H2,1-2H3;1-2H3/t5?,6?,7-,8-;/m1./s1. The molecule has 0 aromatic rings. The van der Waals surface area contributed by atoms with E-state index in [0.717, 1.165) is 6.61 Å². The molecule has 0 N–H and O–H groups in total. The normalized spacial score (nSPS) is 42.5. The minimum Gasteiger partial charge on any atom is -0.376 e. The van der Waals surface area contributed by atoms with Gasteiger partial charge < -0.3 is 14.2 Å². The third kappa shape index (κ3) is 2.03. The average molecular weight is 188 g/mol. The third-order valence-electron chi connectivity index (χ3n) is 2.56. The minimum atomic E-state index is 0.157. The summed E-state index contributed by atoms with van der Waals surface area (Å²) in [6.07, 6.45) is 0.625. The van der Waals surface area contributed by atoms with E-state index in [1.54, 1.807) is 7.11 Å². The summed E-state index contributed by atoms with van der Waals surface area (Å²) in [5.74, 6) is 0.528. The van der Waals surface area contributed by atoms with Crippen molar-refractivity contribution in [2.45, 2.75) is 39.1 Å². The highest BCUT2D eigenvalue weighted by Gasteiger charge is 2.45. The van der Waals surface area contributed by atoms with Crippen LogP contribution in [0.4, 0.5) is 0 Å². The lowest BCUT2D eigenvalue weighted by Gasteiger charge is -2.13. The van der Waals surface area contributed by atoms with Gasteiger partial charge in [0.15, 0.2) is 0 Å². The highest BCUT2D eigenvalue weighted by atomic mass is 16.6. The maximum absolute atomic E-state index is 5.54. The van der Waals surface area contributed by atoms with Gasteiger partial charge >= 0.3 is 0 Å². The molecule has 0 spiro atoms. The van der Waals surface area contributed by atoms with Crippen LogP contribution >= 0.6 is 0 Å². The highest BCUT2D eigenvalue weighted by Crippen LogP contribution is 2.31. The summed E-state index contributed by atoms with van der Waals surface area (Å²) in [6.45, 7) is 7.66. The molecular formula is C10H20O3. The number of fused-ring (bicyclic) bond motifs is 1. The van der Waals surface area contributed by atoms with Crippen molar-refractivity contribution in [3.63, 3.8) is 0 Å². The minimum absolute atomic E-state index is 0.157. The Bertz CT molecular complexity index is 149. The van der Waals surface area contributed by atoms with Crippen molar-refractivity contribution in [3.8, 4) is 0 Å². The van der Waals surface area contributed by atoms with Gasteiger partial charge in [-0.25, -0.2) is 0 Å². The molecule has 0 aliphatic carbocycles. The summed E-state index contributed by atoms with van der Waals surface area (Å²) in [5.41, 5.74) is 0. The molecule has 78 valence electrons. The van der Waals surface area contributed by atoms with E-state index in [0.29, 0.717) is 12.5 Å². The molecule has 3 nitrogen and oxygen atoms in total. The van der Waals surface area contributed by atoms with Crippen molar-refractivity contribution in [3.05, 3.63) is 0 Å². The second-order valence-corrected chi connectivity index (χ2v) is 3.35. The van der Waals surface area contributed by atoms with Gasteiger partial charge in [-0.2, -0.15) is 0 Å². The predicted molar refractivity (Wildman–Crippen MR) is 50.8 cm³/mol. The number of hydrogen-bond donors (Lipinski definition) is 0. The summed E-state index contributed by atoms with van der Waals surface area (Å²) in [6, 6.07) is 0. The Balaban J connectivity index is 0.000000396. The predicted octanol–water partition coefficient (Wildman–Crippen LogP) is 1.46. The van der Waals surface area contributed by atoms with Crippen LogP contribution in [0.3, 0.4) is 0 Å². The molecule has 4 atom stereocenters. The first-order valence-corrected chi connectivity index (χ1v) is 5.09. The zero-order valence-corrected chi connectivity index (χ0v) is 8.95. The summed E-state index contributed by atoms with van der Waals surface area (Å²) in [4.78, 5) is 0. The van der Waals surface area contributed by atoms with E-state index < -0.39 is 0 Å². The molecule has 13 heavy (non-hydrogen) atoms. The second-order valence-electron chi connectivity index (χ2n) is 3.35. The lowest BCUT2D eigenvalue weighted by molar-refractivity contribution is -0.00878. The molecule has 0 radical (unpaired) electrons. The van der Waals surface area contributed by atoms with E-state index >= 15 is 0 Å². The molecule has 2 fully saturated rings. The SMILES string of the molecule is CC.COC1CO[C@@H]2C(C)CO[C@H]12. The van der Waals surface area contributed by atoms with Crippen LogP contribution in [0.1, 0.15) is 20.8 Å². The Labute approximate surface area is 80.4 Å². The fraction of sp³-hybridized carbons (Fsp3) is 1.00. The highest BCUT2D eigenvalue weighted by molar-refractivity contribution is 4.92. The first-order valence-electron chi connectivity index (χ1n) is 5.09. The topological polar surface area (TPSA) is 27.7 Å². The fourth-order valence-electron chi connectivity index (χ4n) is 1.86. The molecule has 0 amide bonds. The Hall–Kier alpha value is -0.120. The zero-order chi connectivity index (χ0) is 9.84. The largest absolute Gasteiger partial charge is 0.376 e. The Kier molecular flexibility index (Phi) is 4.16.